The van der Waals surface area contributed by atoms with Crippen molar-refractivity contribution in [3.8, 4) is 5.75 Å². The fourth-order valence-corrected chi connectivity index (χ4v) is 2.16. The summed E-state index contributed by atoms with van der Waals surface area (Å²) >= 11 is 3.36. The number of benzene rings is 2. The predicted molar refractivity (Wildman–Crippen MR) is 93.1 cm³/mol. The van der Waals surface area contributed by atoms with E-state index in [4.69, 9.17) is 4.74 Å². The number of aryl methyl sites for hydroxylation is 1. The Morgan fingerprint density at radius 1 is 1.20 bits per heavy atom. The van der Waals surface area contributed by atoms with Crippen molar-refractivity contribution in [2.24, 2.45) is 0 Å². The topological polar surface area (TPSA) is 111 Å². The van der Waals surface area contributed by atoms with Crippen molar-refractivity contribution >= 4 is 33.4 Å². The van der Waals surface area contributed by atoms with Crippen LogP contribution in [0.1, 0.15) is 15.9 Å². The van der Waals surface area contributed by atoms with Gasteiger partial charge in [0.15, 0.2) is 6.61 Å². The second-order valence-corrected chi connectivity index (χ2v) is 5.83. The summed E-state index contributed by atoms with van der Waals surface area (Å²) in [5.41, 5.74) is 4.71. The molecule has 2 rings (SSSR count). The molecule has 130 valence electrons. The van der Waals surface area contributed by atoms with Crippen LogP contribution in [0.2, 0.25) is 0 Å². The van der Waals surface area contributed by atoms with E-state index in [2.05, 4.69) is 26.8 Å². The van der Waals surface area contributed by atoms with Gasteiger partial charge in [0, 0.05) is 10.5 Å². The van der Waals surface area contributed by atoms with E-state index in [0.717, 1.165) is 10.0 Å². The maximum Gasteiger partial charge on any atom is 0.282 e. The maximum absolute atomic E-state index is 12.0. The molecule has 0 fully saturated rings. The molecule has 8 nitrogen and oxygen atoms in total. The number of rotatable bonds is 5. The predicted octanol–water partition coefficient (Wildman–Crippen LogP) is 2.51. The Labute approximate surface area is 151 Å². The number of carbonyl (C=O) groups is 2. The Hall–Kier alpha value is -2.94. The number of ether oxygens (including phenoxy) is 1. The first kappa shape index (κ1) is 18.4. The quantitative estimate of drug-likeness (QED) is 0.584. The molecule has 0 aliphatic heterocycles. The Kier molecular flexibility index (Phi) is 6.07. The minimum Gasteiger partial charge on any atom is -0.484 e. The van der Waals surface area contributed by atoms with E-state index in [9.17, 15) is 19.7 Å². The number of carbonyl (C=O) groups excluding carboxylic acids is 2. The summed E-state index contributed by atoms with van der Waals surface area (Å²) in [6.07, 6.45) is 0. The third-order valence-corrected chi connectivity index (χ3v) is 4.05. The molecule has 0 aliphatic carbocycles. The van der Waals surface area contributed by atoms with E-state index in [-0.39, 0.29) is 17.9 Å². The fourth-order valence-electron chi connectivity index (χ4n) is 1.91. The molecule has 9 heteroatoms. The van der Waals surface area contributed by atoms with Crippen LogP contribution in [0, 0.1) is 17.0 Å². The lowest BCUT2D eigenvalue weighted by Crippen LogP contribution is -2.44. The van der Waals surface area contributed by atoms with Crippen molar-refractivity contribution in [3.05, 3.63) is 68.2 Å². The second-order valence-electron chi connectivity index (χ2n) is 4.98. The molecule has 0 radical (unpaired) electrons. The summed E-state index contributed by atoms with van der Waals surface area (Å²) in [7, 11) is 0. The first-order valence-corrected chi connectivity index (χ1v) is 7.89. The van der Waals surface area contributed by atoms with E-state index in [0.29, 0.717) is 5.75 Å². The summed E-state index contributed by atoms with van der Waals surface area (Å²) in [6, 6.07) is 10.7. The third-order valence-electron chi connectivity index (χ3n) is 3.16. The van der Waals surface area contributed by atoms with E-state index in [1.54, 1.807) is 18.2 Å². The monoisotopic (exact) mass is 407 g/mol. The van der Waals surface area contributed by atoms with Gasteiger partial charge in [-0.05, 0) is 36.8 Å². The van der Waals surface area contributed by atoms with Gasteiger partial charge in [-0.15, -0.1) is 0 Å². The van der Waals surface area contributed by atoms with Crippen LogP contribution < -0.4 is 15.6 Å². The van der Waals surface area contributed by atoms with Crippen molar-refractivity contribution in [2.45, 2.75) is 6.92 Å². The van der Waals surface area contributed by atoms with Gasteiger partial charge in [0.25, 0.3) is 17.5 Å². The van der Waals surface area contributed by atoms with Gasteiger partial charge < -0.3 is 4.74 Å². The summed E-state index contributed by atoms with van der Waals surface area (Å²) in [5, 5.41) is 10.9. The second kappa shape index (κ2) is 8.25. The Bertz CT molecular complexity index is 825. The van der Waals surface area contributed by atoms with E-state index in [1.807, 2.05) is 6.92 Å². The van der Waals surface area contributed by atoms with Gasteiger partial charge >= 0.3 is 0 Å². The third kappa shape index (κ3) is 5.01. The molecule has 0 heterocycles. The van der Waals surface area contributed by atoms with Crippen molar-refractivity contribution in [2.75, 3.05) is 6.61 Å². The van der Waals surface area contributed by atoms with Gasteiger partial charge in [0.1, 0.15) is 11.3 Å². The summed E-state index contributed by atoms with van der Waals surface area (Å²) < 4.78 is 6.23. The number of amides is 2. The van der Waals surface area contributed by atoms with Crippen molar-refractivity contribution in [3.63, 3.8) is 0 Å². The van der Waals surface area contributed by atoms with Crippen LogP contribution in [-0.4, -0.2) is 23.3 Å². The zero-order chi connectivity index (χ0) is 18.4. The number of halogens is 1. The first-order chi connectivity index (χ1) is 11.9. The van der Waals surface area contributed by atoms with Gasteiger partial charge in [0.2, 0.25) is 0 Å². The minimum atomic E-state index is -0.792. The molecular formula is C16H14BrN3O5. The molecule has 0 unspecified atom stereocenters. The van der Waals surface area contributed by atoms with Crippen LogP contribution in [-0.2, 0) is 4.79 Å². The summed E-state index contributed by atoms with van der Waals surface area (Å²) in [6.45, 7) is 1.56. The normalized spacial score (nSPS) is 10.0. The van der Waals surface area contributed by atoms with Crippen LogP contribution in [0.4, 0.5) is 5.69 Å². The number of nitrogens with zero attached hydrogens (tertiary/aromatic N) is 1. The highest BCUT2D eigenvalue weighted by Crippen LogP contribution is 2.21. The van der Waals surface area contributed by atoms with Crippen molar-refractivity contribution in [1.29, 1.82) is 0 Å². The number of nitro groups is 1. The molecule has 2 aromatic carbocycles. The maximum atomic E-state index is 12.0. The van der Waals surface area contributed by atoms with E-state index in [1.165, 1.54) is 24.3 Å². The molecule has 2 N–H and O–H groups in total. The number of para-hydroxylation sites is 1. The highest BCUT2D eigenvalue weighted by Gasteiger charge is 2.19. The largest absolute Gasteiger partial charge is 0.484 e. The van der Waals surface area contributed by atoms with E-state index < -0.39 is 16.7 Å². The molecular weight excluding hydrogens is 394 g/mol. The Balaban J connectivity index is 1.88. The average Bonchev–Trinajstić information content (AvgIpc) is 2.60. The van der Waals surface area contributed by atoms with Gasteiger partial charge in [-0.1, -0.05) is 28.1 Å². The smallest absolute Gasteiger partial charge is 0.282 e. The van der Waals surface area contributed by atoms with Gasteiger partial charge in [-0.25, -0.2) is 0 Å². The number of nitro benzene ring substituents is 1. The molecule has 0 saturated carbocycles. The molecule has 0 aromatic heterocycles. The summed E-state index contributed by atoms with van der Waals surface area (Å²) in [5.74, 6) is -0.895. The molecule has 0 bridgehead atoms. The molecule has 2 aromatic rings. The Morgan fingerprint density at radius 2 is 1.92 bits per heavy atom. The lowest BCUT2D eigenvalue weighted by Gasteiger charge is -2.10. The molecule has 0 saturated heterocycles. The minimum absolute atomic E-state index is 0.155. The zero-order valence-electron chi connectivity index (χ0n) is 13.1. The highest BCUT2D eigenvalue weighted by molar-refractivity contribution is 9.10. The van der Waals surface area contributed by atoms with Crippen LogP contribution in [0.25, 0.3) is 0 Å². The molecule has 0 spiro atoms. The Morgan fingerprint density at radius 3 is 2.60 bits per heavy atom. The zero-order valence-corrected chi connectivity index (χ0v) is 14.7. The highest BCUT2D eigenvalue weighted by atomic mass is 79.9. The van der Waals surface area contributed by atoms with Crippen LogP contribution >= 0.6 is 15.9 Å². The average molecular weight is 408 g/mol. The molecule has 2 amide bonds. The van der Waals surface area contributed by atoms with Crippen LogP contribution in [0.3, 0.4) is 0 Å². The van der Waals surface area contributed by atoms with Crippen LogP contribution in [0.5, 0.6) is 5.75 Å². The SMILES string of the molecule is Cc1cc(OCC(=O)NNC(=O)c2ccccc2[N+](=O)[O-])ccc1Br. The number of hydrazine groups is 1. The van der Waals surface area contributed by atoms with Crippen molar-refractivity contribution < 1.29 is 19.2 Å². The summed E-state index contributed by atoms with van der Waals surface area (Å²) in [4.78, 5) is 33.9. The molecule has 0 atom stereocenters. The van der Waals surface area contributed by atoms with Gasteiger partial charge in [-0.3, -0.25) is 30.6 Å². The number of hydrogen-bond acceptors (Lipinski definition) is 5. The van der Waals surface area contributed by atoms with Gasteiger partial charge in [0.05, 0.1) is 4.92 Å². The molecule has 25 heavy (non-hydrogen) atoms. The standard InChI is InChI=1S/C16H14BrN3O5/c1-10-8-11(6-7-13(10)17)25-9-15(21)18-19-16(22)12-4-2-3-5-14(12)20(23)24/h2-8H,9H2,1H3,(H,18,21)(H,19,22). The number of hydrogen-bond donors (Lipinski definition) is 2. The lowest BCUT2D eigenvalue weighted by molar-refractivity contribution is -0.385. The number of nitrogens with one attached hydrogen (secondary N) is 2. The van der Waals surface area contributed by atoms with Crippen LogP contribution in [0.15, 0.2) is 46.9 Å². The van der Waals surface area contributed by atoms with Gasteiger partial charge in [-0.2, -0.15) is 0 Å². The van der Waals surface area contributed by atoms with Crippen molar-refractivity contribution in [1.82, 2.24) is 10.9 Å². The molecule has 0 aliphatic rings. The fraction of sp³-hybridized carbons (Fsp3) is 0.125. The first-order valence-electron chi connectivity index (χ1n) is 7.10. The lowest BCUT2D eigenvalue weighted by atomic mass is 10.2. The van der Waals surface area contributed by atoms with E-state index >= 15 is 0 Å².